The van der Waals surface area contributed by atoms with Crippen molar-refractivity contribution < 1.29 is 0 Å². The van der Waals surface area contributed by atoms with Crippen LogP contribution in [-0.2, 0) is 0 Å². The molecule has 0 aliphatic carbocycles. The molecule has 0 amide bonds. The lowest BCUT2D eigenvalue weighted by atomic mass is 10.0. The van der Waals surface area contributed by atoms with Crippen LogP contribution in [0.15, 0.2) is 67.3 Å². The third-order valence-electron chi connectivity index (χ3n) is 4.37. The number of pyridine rings is 2. The van der Waals surface area contributed by atoms with Gasteiger partial charge >= 0.3 is 0 Å². The van der Waals surface area contributed by atoms with Crippen molar-refractivity contribution in [2.45, 2.75) is 6.92 Å². The van der Waals surface area contributed by atoms with Gasteiger partial charge in [0.05, 0.1) is 17.6 Å². The standard InChI is InChI=1S/C21H16N6/c1-14-5-2-3-7-20(14)27-13-16(12-25-27)19-9-17(15-6-4-8-24-11-15)18(10-22)21(23)26-19/h2-9,11-13H,1H3,(H2,23,26). The Bertz CT molecular complexity index is 1160. The maximum Gasteiger partial charge on any atom is 0.142 e. The molecule has 0 fully saturated rings. The lowest BCUT2D eigenvalue weighted by Crippen LogP contribution is -2.00. The number of benzene rings is 1. The number of anilines is 1. The highest BCUT2D eigenvalue weighted by molar-refractivity contribution is 5.79. The Labute approximate surface area is 156 Å². The summed E-state index contributed by atoms with van der Waals surface area (Å²) in [4.78, 5) is 8.55. The average Bonchev–Trinajstić information content (AvgIpc) is 3.18. The van der Waals surface area contributed by atoms with E-state index in [-0.39, 0.29) is 5.82 Å². The fourth-order valence-electron chi connectivity index (χ4n) is 2.99. The van der Waals surface area contributed by atoms with Gasteiger partial charge in [-0.25, -0.2) is 9.67 Å². The Hall–Kier alpha value is -3.98. The molecule has 0 bridgehead atoms. The molecule has 0 saturated heterocycles. The molecule has 0 aliphatic rings. The molecule has 1 aromatic carbocycles. The highest BCUT2D eigenvalue weighted by Crippen LogP contribution is 2.31. The topological polar surface area (TPSA) is 93.4 Å². The predicted molar refractivity (Wildman–Crippen MR) is 104 cm³/mol. The number of rotatable bonds is 3. The average molecular weight is 352 g/mol. The summed E-state index contributed by atoms with van der Waals surface area (Å²) < 4.78 is 1.81. The van der Waals surface area contributed by atoms with E-state index in [0.717, 1.165) is 22.4 Å². The Morgan fingerprint density at radius 2 is 1.93 bits per heavy atom. The van der Waals surface area contributed by atoms with Crippen LogP contribution in [0.1, 0.15) is 11.1 Å². The van der Waals surface area contributed by atoms with Gasteiger partial charge in [-0.1, -0.05) is 24.3 Å². The van der Waals surface area contributed by atoms with Gasteiger partial charge < -0.3 is 5.73 Å². The Morgan fingerprint density at radius 3 is 2.67 bits per heavy atom. The highest BCUT2D eigenvalue weighted by atomic mass is 15.3. The van der Waals surface area contributed by atoms with E-state index in [9.17, 15) is 5.26 Å². The summed E-state index contributed by atoms with van der Waals surface area (Å²) >= 11 is 0. The Balaban J connectivity index is 1.83. The van der Waals surface area contributed by atoms with Crippen LogP contribution in [0.25, 0.3) is 28.1 Å². The molecule has 0 unspecified atom stereocenters. The minimum Gasteiger partial charge on any atom is -0.383 e. The number of nitriles is 1. The van der Waals surface area contributed by atoms with Crippen LogP contribution in [0.5, 0.6) is 0 Å². The van der Waals surface area contributed by atoms with Crippen LogP contribution >= 0.6 is 0 Å². The van der Waals surface area contributed by atoms with Crippen molar-refractivity contribution >= 4 is 5.82 Å². The summed E-state index contributed by atoms with van der Waals surface area (Å²) in [7, 11) is 0. The number of nitrogen functional groups attached to an aromatic ring is 1. The van der Waals surface area contributed by atoms with Crippen molar-refractivity contribution in [3.8, 4) is 34.1 Å². The molecule has 0 atom stereocenters. The molecular weight excluding hydrogens is 336 g/mol. The van der Waals surface area contributed by atoms with Crippen molar-refractivity contribution in [3.05, 3.63) is 78.4 Å². The molecule has 130 valence electrons. The highest BCUT2D eigenvalue weighted by Gasteiger charge is 2.15. The van der Waals surface area contributed by atoms with Crippen LogP contribution in [0.2, 0.25) is 0 Å². The van der Waals surface area contributed by atoms with Crippen molar-refractivity contribution in [2.75, 3.05) is 5.73 Å². The zero-order valence-corrected chi connectivity index (χ0v) is 14.7. The molecule has 6 heteroatoms. The summed E-state index contributed by atoms with van der Waals surface area (Å²) in [6.45, 7) is 2.04. The SMILES string of the molecule is Cc1ccccc1-n1cc(-c2cc(-c3cccnc3)c(C#N)c(N)n2)cn1. The molecule has 0 saturated carbocycles. The van der Waals surface area contributed by atoms with Crippen molar-refractivity contribution in [1.82, 2.24) is 19.7 Å². The normalized spacial score (nSPS) is 10.5. The minimum absolute atomic E-state index is 0.192. The Morgan fingerprint density at radius 1 is 1.07 bits per heavy atom. The zero-order chi connectivity index (χ0) is 18.8. The van der Waals surface area contributed by atoms with Gasteiger partial charge in [0.15, 0.2) is 0 Å². The minimum atomic E-state index is 0.192. The number of nitrogens with two attached hydrogens (primary N) is 1. The lowest BCUT2D eigenvalue weighted by Gasteiger charge is -2.09. The smallest absolute Gasteiger partial charge is 0.142 e. The fourth-order valence-corrected chi connectivity index (χ4v) is 2.99. The molecule has 4 aromatic rings. The second-order valence-corrected chi connectivity index (χ2v) is 6.13. The quantitative estimate of drug-likeness (QED) is 0.606. The third kappa shape index (κ3) is 3.02. The van der Waals surface area contributed by atoms with E-state index < -0.39 is 0 Å². The maximum atomic E-state index is 9.50. The summed E-state index contributed by atoms with van der Waals surface area (Å²) in [6.07, 6.45) is 7.04. The fraction of sp³-hybridized carbons (Fsp3) is 0.0476. The van der Waals surface area contributed by atoms with Crippen LogP contribution in [0.3, 0.4) is 0 Å². The van der Waals surface area contributed by atoms with E-state index in [1.807, 2.05) is 60.3 Å². The molecule has 27 heavy (non-hydrogen) atoms. The van der Waals surface area contributed by atoms with Gasteiger partial charge in [0.1, 0.15) is 17.5 Å². The largest absolute Gasteiger partial charge is 0.383 e. The maximum absolute atomic E-state index is 9.50. The first kappa shape index (κ1) is 16.5. The van der Waals surface area contributed by atoms with Gasteiger partial charge in [-0.15, -0.1) is 0 Å². The van der Waals surface area contributed by atoms with Crippen molar-refractivity contribution in [2.24, 2.45) is 0 Å². The van der Waals surface area contributed by atoms with Crippen LogP contribution in [0.4, 0.5) is 5.82 Å². The number of para-hydroxylation sites is 1. The van der Waals surface area contributed by atoms with E-state index in [0.29, 0.717) is 16.8 Å². The molecule has 0 radical (unpaired) electrons. The molecule has 4 rings (SSSR count). The van der Waals surface area contributed by atoms with Crippen LogP contribution in [-0.4, -0.2) is 19.7 Å². The van der Waals surface area contributed by atoms with E-state index in [1.165, 1.54) is 0 Å². The second-order valence-electron chi connectivity index (χ2n) is 6.13. The van der Waals surface area contributed by atoms with Gasteiger partial charge in [-0.3, -0.25) is 4.98 Å². The Kier molecular flexibility index (Phi) is 4.11. The van der Waals surface area contributed by atoms with E-state index in [4.69, 9.17) is 5.73 Å². The molecule has 2 N–H and O–H groups in total. The predicted octanol–water partition coefficient (Wildman–Crippen LogP) is 3.76. The number of nitrogens with zero attached hydrogens (tertiary/aromatic N) is 5. The van der Waals surface area contributed by atoms with E-state index in [2.05, 4.69) is 21.1 Å². The number of hydrogen-bond donors (Lipinski definition) is 1. The first-order chi connectivity index (χ1) is 13.2. The third-order valence-corrected chi connectivity index (χ3v) is 4.37. The van der Waals surface area contributed by atoms with Crippen molar-refractivity contribution in [1.29, 1.82) is 5.26 Å². The molecule has 0 spiro atoms. The van der Waals surface area contributed by atoms with E-state index >= 15 is 0 Å². The summed E-state index contributed by atoms with van der Waals surface area (Å²) in [6, 6.07) is 15.7. The number of aryl methyl sites for hydroxylation is 1. The summed E-state index contributed by atoms with van der Waals surface area (Å²) in [5.74, 6) is 0.192. The molecule has 6 nitrogen and oxygen atoms in total. The van der Waals surface area contributed by atoms with Gasteiger partial charge in [-0.2, -0.15) is 10.4 Å². The zero-order valence-electron chi connectivity index (χ0n) is 14.7. The van der Waals surface area contributed by atoms with Crippen molar-refractivity contribution in [3.63, 3.8) is 0 Å². The number of hydrogen-bond acceptors (Lipinski definition) is 5. The summed E-state index contributed by atoms with van der Waals surface area (Å²) in [5, 5.41) is 14.0. The van der Waals surface area contributed by atoms with Crippen LogP contribution in [0, 0.1) is 18.3 Å². The molecular formula is C21H16N6. The molecule has 3 heterocycles. The van der Waals surface area contributed by atoms with Crippen LogP contribution < -0.4 is 5.73 Å². The second kappa shape index (κ2) is 6.73. The first-order valence-corrected chi connectivity index (χ1v) is 8.39. The first-order valence-electron chi connectivity index (χ1n) is 8.39. The van der Waals surface area contributed by atoms with Gasteiger partial charge in [0.25, 0.3) is 0 Å². The molecule has 3 aromatic heterocycles. The van der Waals surface area contributed by atoms with E-state index in [1.54, 1.807) is 18.6 Å². The molecule has 0 aliphatic heterocycles. The lowest BCUT2D eigenvalue weighted by molar-refractivity contribution is 0.873. The van der Waals surface area contributed by atoms with Gasteiger partial charge in [0, 0.05) is 35.3 Å². The van der Waals surface area contributed by atoms with Gasteiger partial charge in [0.2, 0.25) is 0 Å². The monoisotopic (exact) mass is 352 g/mol. The summed E-state index contributed by atoms with van der Waals surface area (Å²) in [5.41, 5.74) is 11.5. The van der Waals surface area contributed by atoms with Gasteiger partial charge in [-0.05, 0) is 30.7 Å². The number of aromatic nitrogens is 4.